The number of piperidine rings is 1. The van der Waals surface area contributed by atoms with Gasteiger partial charge in [-0.1, -0.05) is 5.16 Å². The number of rotatable bonds is 6. The van der Waals surface area contributed by atoms with Gasteiger partial charge in [0.05, 0.1) is 12.0 Å². The fourth-order valence-electron chi connectivity index (χ4n) is 3.47. The molecular formula is C18H22FN3O4S. The minimum Gasteiger partial charge on any atom is -0.494 e. The van der Waals surface area contributed by atoms with E-state index in [-0.39, 0.29) is 16.6 Å². The van der Waals surface area contributed by atoms with E-state index in [1.807, 2.05) is 0 Å². The van der Waals surface area contributed by atoms with Gasteiger partial charge in [0.2, 0.25) is 15.9 Å². The molecule has 1 aromatic carbocycles. The van der Waals surface area contributed by atoms with E-state index in [1.165, 1.54) is 23.5 Å². The molecule has 2 aliphatic rings. The lowest BCUT2D eigenvalue weighted by atomic mass is 9.96. The minimum absolute atomic E-state index is 0.0216. The van der Waals surface area contributed by atoms with Gasteiger partial charge < -0.3 is 9.26 Å². The summed E-state index contributed by atoms with van der Waals surface area (Å²) in [6.45, 7) is 0.779. The Kier molecular flexibility index (Phi) is 4.90. The van der Waals surface area contributed by atoms with Gasteiger partial charge in [-0.3, -0.25) is 0 Å². The average molecular weight is 395 g/mol. The van der Waals surface area contributed by atoms with Crippen molar-refractivity contribution in [1.29, 1.82) is 0 Å². The third-order valence-corrected chi connectivity index (χ3v) is 6.99. The lowest BCUT2D eigenvalue weighted by molar-refractivity contribution is 0.246. The van der Waals surface area contributed by atoms with Crippen molar-refractivity contribution in [3.63, 3.8) is 0 Å². The Morgan fingerprint density at radius 2 is 2.15 bits per heavy atom. The molecule has 9 heteroatoms. The van der Waals surface area contributed by atoms with Crippen molar-refractivity contribution in [2.24, 2.45) is 5.92 Å². The maximum atomic E-state index is 13.9. The van der Waals surface area contributed by atoms with Crippen molar-refractivity contribution in [3.8, 4) is 5.75 Å². The molecular weight excluding hydrogens is 373 g/mol. The van der Waals surface area contributed by atoms with Crippen LogP contribution in [0.3, 0.4) is 0 Å². The van der Waals surface area contributed by atoms with Crippen LogP contribution in [0.5, 0.6) is 5.75 Å². The standard InChI is InChI=1S/C18H22FN3O4S/c1-25-16-7-6-14(10-15(16)19)27(23,24)22-8-2-3-12(11-22)9-17-20-18(21-26-17)13-4-5-13/h6-7,10,12-13H,2-5,8-9,11H2,1H3. The molecule has 0 radical (unpaired) electrons. The van der Waals surface area contributed by atoms with Crippen LogP contribution in [0.15, 0.2) is 27.6 Å². The van der Waals surface area contributed by atoms with E-state index in [0.29, 0.717) is 31.3 Å². The van der Waals surface area contributed by atoms with Crippen molar-refractivity contribution in [3.05, 3.63) is 35.7 Å². The molecule has 1 atom stereocenters. The summed E-state index contributed by atoms with van der Waals surface area (Å²) in [4.78, 5) is 4.37. The summed E-state index contributed by atoms with van der Waals surface area (Å²) >= 11 is 0. The second-order valence-corrected chi connectivity index (χ2v) is 9.13. The Morgan fingerprint density at radius 3 is 2.85 bits per heavy atom. The first kappa shape index (κ1) is 18.4. The fourth-order valence-corrected chi connectivity index (χ4v) is 5.04. The predicted octanol–water partition coefficient (Wildman–Crippen LogP) is 2.74. The van der Waals surface area contributed by atoms with Gasteiger partial charge in [-0.05, 0) is 49.8 Å². The second-order valence-electron chi connectivity index (χ2n) is 7.19. The highest BCUT2D eigenvalue weighted by Crippen LogP contribution is 2.38. The number of aromatic nitrogens is 2. The van der Waals surface area contributed by atoms with Crippen LogP contribution in [0.25, 0.3) is 0 Å². The molecule has 7 nitrogen and oxygen atoms in total. The van der Waals surface area contributed by atoms with Crippen LogP contribution in [0.2, 0.25) is 0 Å². The number of hydrogen-bond acceptors (Lipinski definition) is 6. The summed E-state index contributed by atoms with van der Waals surface area (Å²) in [5, 5.41) is 4.01. The number of nitrogens with zero attached hydrogens (tertiary/aromatic N) is 3. The SMILES string of the molecule is COc1ccc(S(=O)(=O)N2CCCC(Cc3nc(C4CC4)no3)C2)cc1F. The van der Waals surface area contributed by atoms with E-state index in [4.69, 9.17) is 9.26 Å². The zero-order chi connectivity index (χ0) is 19.0. The number of benzene rings is 1. The molecule has 1 aliphatic heterocycles. The van der Waals surface area contributed by atoms with Gasteiger partial charge in [0, 0.05) is 25.4 Å². The summed E-state index contributed by atoms with van der Waals surface area (Å²) < 4.78 is 51.4. The molecule has 0 N–H and O–H groups in total. The Balaban J connectivity index is 1.46. The minimum atomic E-state index is -3.76. The van der Waals surface area contributed by atoms with Gasteiger partial charge in [0.1, 0.15) is 0 Å². The monoisotopic (exact) mass is 395 g/mol. The van der Waals surface area contributed by atoms with Gasteiger partial charge in [-0.2, -0.15) is 9.29 Å². The highest BCUT2D eigenvalue weighted by Gasteiger charge is 2.33. The van der Waals surface area contributed by atoms with Crippen LogP contribution in [-0.4, -0.2) is 43.1 Å². The molecule has 0 bridgehead atoms. The first-order valence-corrected chi connectivity index (χ1v) is 10.6. The van der Waals surface area contributed by atoms with Crippen LogP contribution in [-0.2, 0) is 16.4 Å². The number of hydrogen-bond donors (Lipinski definition) is 0. The van der Waals surface area contributed by atoms with Gasteiger partial charge >= 0.3 is 0 Å². The number of halogens is 1. The van der Waals surface area contributed by atoms with Crippen LogP contribution in [0.4, 0.5) is 4.39 Å². The lowest BCUT2D eigenvalue weighted by Crippen LogP contribution is -2.40. The Morgan fingerprint density at radius 1 is 1.33 bits per heavy atom. The molecule has 146 valence electrons. The summed E-state index contributed by atoms with van der Waals surface area (Å²) in [5.74, 6) is 1.19. The van der Waals surface area contributed by atoms with E-state index >= 15 is 0 Å². The average Bonchev–Trinajstić information content (AvgIpc) is 3.41. The molecule has 4 rings (SSSR count). The number of methoxy groups -OCH3 is 1. The fraction of sp³-hybridized carbons (Fsp3) is 0.556. The molecule has 1 unspecified atom stereocenters. The molecule has 27 heavy (non-hydrogen) atoms. The third kappa shape index (κ3) is 3.84. The van der Waals surface area contributed by atoms with Crippen LogP contribution in [0, 0.1) is 11.7 Å². The Bertz CT molecular complexity index is 926. The highest BCUT2D eigenvalue weighted by molar-refractivity contribution is 7.89. The molecule has 0 spiro atoms. The molecule has 1 aromatic heterocycles. The molecule has 1 saturated carbocycles. The summed E-state index contributed by atoms with van der Waals surface area (Å²) in [6.07, 6.45) is 4.40. The quantitative estimate of drug-likeness (QED) is 0.748. The molecule has 2 aromatic rings. The van der Waals surface area contributed by atoms with Crippen molar-refractivity contribution in [1.82, 2.24) is 14.4 Å². The van der Waals surface area contributed by atoms with Crippen LogP contribution in [0.1, 0.15) is 43.3 Å². The van der Waals surface area contributed by atoms with E-state index in [9.17, 15) is 12.8 Å². The van der Waals surface area contributed by atoms with Gasteiger partial charge in [0.15, 0.2) is 17.4 Å². The summed E-state index contributed by atoms with van der Waals surface area (Å²) in [6, 6.07) is 3.72. The van der Waals surface area contributed by atoms with Gasteiger partial charge in [0.25, 0.3) is 0 Å². The maximum Gasteiger partial charge on any atom is 0.243 e. The van der Waals surface area contributed by atoms with E-state index in [0.717, 1.165) is 37.6 Å². The first-order chi connectivity index (χ1) is 13.0. The molecule has 2 heterocycles. The maximum absolute atomic E-state index is 13.9. The summed E-state index contributed by atoms with van der Waals surface area (Å²) in [5.41, 5.74) is 0. The highest BCUT2D eigenvalue weighted by atomic mass is 32.2. The smallest absolute Gasteiger partial charge is 0.243 e. The normalized spacial score (nSPS) is 21.3. The molecule has 0 amide bonds. The zero-order valence-corrected chi connectivity index (χ0v) is 15.9. The van der Waals surface area contributed by atoms with Crippen molar-refractivity contribution in [2.75, 3.05) is 20.2 Å². The Labute approximate surface area is 157 Å². The largest absolute Gasteiger partial charge is 0.494 e. The Hall–Kier alpha value is -2.00. The van der Waals surface area contributed by atoms with E-state index in [2.05, 4.69) is 10.1 Å². The van der Waals surface area contributed by atoms with Crippen molar-refractivity contribution in [2.45, 2.75) is 42.9 Å². The summed E-state index contributed by atoms with van der Waals surface area (Å²) in [7, 11) is -2.42. The van der Waals surface area contributed by atoms with Crippen LogP contribution < -0.4 is 4.74 Å². The zero-order valence-electron chi connectivity index (χ0n) is 15.1. The number of sulfonamides is 1. The third-order valence-electron chi connectivity index (χ3n) is 5.13. The lowest BCUT2D eigenvalue weighted by Gasteiger charge is -2.31. The van der Waals surface area contributed by atoms with E-state index < -0.39 is 15.8 Å². The van der Waals surface area contributed by atoms with Crippen molar-refractivity contribution < 1.29 is 22.1 Å². The topological polar surface area (TPSA) is 85.5 Å². The van der Waals surface area contributed by atoms with Crippen molar-refractivity contribution >= 4 is 10.0 Å². The second kappa shape index (κ2) is 7.20. The predicted molar refractivity (Wildman–Crippen MR) is 94.4 cm³/mol. The van der Waals surface area contributed by atoms with E-state index in [1.54, 1.807) is 0 Å². The molecule has 1 saturated heterocycles. The number of ether oxygens (including phenoxy) is 1. The van der Waals surface area contributed by atoms with Gasteiger partial charge in [-0.25, -0.2) is 12.8 Å². The van der Waals surface area contributed by atoms with Gasteiger partial charge in [-0.15, -0.1) is 0 Å². The molecule has 2 fully saturated rings. The van der Waals surface area contributed by atoms with Crippen LogP contribution >= 0.6 is 0 Å². The molecule has 1 aliphatic carbocycles. The first-order valence-electron chi connectivity index (χ1n) is 9.13.